The Bertz CT molecular complexity index is 410. The average Bonchev–Trinajstić information content (AvgIpc) is 2.28. The number of rotatable bonds is 5. The van der Waals surface area contributed by atoms with Crippen LogP contribution in [0.4, 0.5) is 10.5 Å². The van der Waals surface area contributed by atoms with Gasteiger partial charge in [-0.1, -0.05) is 23.2 Å². The van der Waals surface area contributed by atoms with E-state index in [2.05, 4.69) is 15.5 Å². The van der Waals surface area contributed by atoms with Gasteiger partial charge >= 0.3 is 6.03 Å². The van der Waals surface area contributed by atoms with Crippen LogP contribution in [0.5, 0.6) is 0 Å². The smallest absolute Gasteiger partial charge is 0.319 e. The van der Waals surface area contributed by atoms with Crippen molar-refractivity contribution >= 4 is 34.9 Å². The highest BCUT2D eigenvalue weighted by Crippen LogP contribution is 2.25. The minimum absolute atomic E-state index is 0.266. The Balaban J connectivity index is 2.35. The lowest BCUT2D eigenvalue weighted by Crippen LogP contribution is -2.31. The second-order valence-electron chi connectivity index (χ2n) is 4.16. The SMILES string of the molecule is CN(C)CCCNC(=O)Nc1ccc(Cl)cc1Cl. The quantitative estimate of drug-likeness (QED) is 0.819. The van der Waals surface area contributed by atoms with E-state index >= 15 is 0 Å². The number of nitrogens with one attached hydrogen (secondary N) is 2. The van der Waals surface area contributed by atoms with Gasteiger partial charge < -0.3 is 15.5 Å². The van der Waals surface area contributed by atoms with Gasteiger partial charge in [0.1, 0.15) is 0 Å². The Hall–Kier alpha value is -0.970. The zero-order valence-corrected chi connectivity index (χ0v) is 12.0. The molecule has 0 heterocycles. The molecular weight excluding hydrogens is 273 g/mol. The van der Waals surface area contributed by atoms with Crippen LogP contribution < -0.4 is 10.6 Å². The molecule has 1 aromatic rings. The van der Waals surface area contributed by atoms with E-state index in [0.717, 1.165) is 13.0 Å². The number of benzene rings is 1. The Morgan fingerprint density at radius 3 is 2.67 bits per heavy atom. The topological polar surface area (TPSA) is 44.4 Å². The fourth-order valence-electron chi connectivity index (χ4n) is 1.35. The van der Waals surface area contributed by atoms with Crippen LogP contribution in [0.1, 0.15) is 6.42 Å². The van der Waals surface area contributed by atoms with Crippen molar-refractivity contribution in [2.75, 3.05) is 32.5 Å². The van der Waals surface area contributed by atoms with Gasteiger partial charge in [-0.05, 0) is 45.3 Å². The number of urea groups is 1. The van der Waals surface area contributed by atoms with Gasteiger partial charge in [0.2, 0.25) is 0 Å². The van der Waals surface area contributed by atoms with Crippen LogP contribution >= 0.6 is 23.2 Å². The van der Waals surface area contributed by atoms with Gasteiger partial charge in [-0.2, -0.15) is 0 Å². The summed E-state index contributed by atoms with van der Waals surface area (Å²) in [6.07, 6.45) is 0.898. The second kappa shape index (κ2) is 7.46. The summed E-state index contributed by atoms with van der Waals surface area (Å²) in [6, 6.07) is 4.67. The highest BCUT2D eigenvalue weighted by molar-refractivity contribution is 6.36. The predicted octanol–water partition coefficient (Wildman–Crippen LogP) is 3.07. The summed E-state index contributed by atoms with van der Waals surface area (Å²) < 4.78 is 0. The third-order valence-corrected chi connectivity index (χ3v) is 2.79. The molecule has 2 amide bonds. The van der Waals surface area contributed by atoms with Crippen LogP contribution in [0.2, 0.25) is 10.0 Å². The maximum atomic E-state index is 11.6. The number of hydrogen-bond acceptors (Lipinski definition) is 2. The van der Waals surface area contributed by atoms with E-state index in [1.807, 2.05) is 14.1 Å². The maximum Gasteiger partial charge on any atom is 0.319 e. The highest BCUT2D eigenvalue weighted by atomic mass is 35.5. The van der Waals surface area contributed by atoms with Crippen molar-refractivity contribution in [2.24, 2.45) is 0 Å². The van der Waals surface area contributed by atoms with Gasteiger partial charge in [0.15, 0.2) is 0 Å². The van der Waals surface area contributed by atoms with Crippen molar-refractivity contribution < 1.29 is 4.79 Å². The Morgan fingerprint density at radius 1 is 1.33 bits per heavy atom. The van der Waals surface area contributed by atoms with Crippen LogP contribution in [-0.2, 0) is 0 Å². The molecule has 0 fully saturated rings. The molecule has 2 N–H and O–H groups in total. The highest BCUT2D eigenvalue weighted by Gasteiger charge is 2.05. The fraction of sp³-hybridized carbons (Fsp3) is 0.417. The molecule has 0 atom stereocenters. The monoisotopic (exact) mass is 289 g/mol. The van der Waals surface area contributed by atoms with Gasteiger partial charge in [0.05, 0.1) is 10.7 Å². The van der Waals surface area contributed by atoms with Crippen LogP contribution in [0, 0.1) is 0 Å². The van der Waals surface area contributed by atoms with Crippen molar-refractivity contribution in [1.29, 1.82) is 0 Å². The summed E-state index contributed by atoms with van der Waals surface area (Å²) in [4.78, 5) is 13.6. The second-order valence-corrected chi connectivity index (χ2v) is 5.01. The lowest BCUT2D eigenvalue weighted by atomic mass is 10.3. The molecule has 0 aliphatic rings. The lowest BCUT2D eigenvalue weighted by molar-refractivity contribution is 0.251. The van der Waals surface area contributed by atoms with Gasteiger partial charge in [-0.25, -0.2) is 4.79 Å². The molecule has 1 aromatic carbocycles. The Labute approximate surface area is 117 Å². The Kier molecular flexibility index (Phi) is 6.25. The molecular formula is C12H17Cl2N3O. The lowest BCUT2D eigenvalue weighted by Gasteiger charge is -2.11. The number of halogens is 2. The van der Waals surface area contributed by atoms with E-state index in [0.29, 0.717) is 22.3 Å². The average molecular weight is 290 g/mol. The number of carbonyl (C=O) groups is 1. The molecule has 0 bridgehead atoms. The minimum atomic E-state index is -0.266. The predicted molar refractivity (Wildman–Crippen MR) is 76.7 cm³/mol. The third-order valence-electron chi connectivity index (χ3n) is 2.25. The van der Waals surface area contributed by atoms with Crippen molar-refractivity contribution in [3.63, 3.8) is 0 Å². The first-order chi connectivity index (χ1) is 8.49. The number of nitrogens with zero attached hydrogens (tertiary/aromatic N) is 1. The van der Waals surface area contributed by atoms with E-state index in [9.17, 15) is 4.79 Å². The van der Waals surface area contributed by atoms with E-state index < -0.39 is 0 Å². The van der Waals surface area contributed by atoms with Crippen LogP contribution in [-0.4, -0.2) is 38.1 Å². The molecule has 0 radical (unpaired) electrons. The van der Waals surface area contributed by atoms with Crippen molar-refractivity contribution in [1.82, 2.24) is 10.2 Å². The summed E-state index contributed by atoms with van der Waals surface area (Å²) in [5.41, 5.74) is 0.547. The molecule has 0 aliphatic carbocycles. The molecule has 4 nitrogen and oxygen atoms in total. The van der Waals surface area contributed by atoms with Gasteiger partial charge in [0, 0.05) is 11.6 Å². The first-order valence-corrected chi connectivity index (χ1v) is 6.39. The first-order valence-electron chi connectivity index (χ1n) is 5.63. The first kappa shape index (κ1) is 15.1. The van der Waals surface area contributed by atoms with E-state index in [4.69, 9.17) is 23.2 Å². The standard InChI is InChI=1S/C12H17Cl2N3O/c1-17(2)7-3-6-15-12(18)16-11-5-4-9(13)8-10(11)14/h4-5,8H,3,6-7H2,1-2H3,(H2,15,16,18). The molecule has 100 valence electrons. The zero-order valence-electron chi connectivity index (χ0n) is 10.5. The normalized spacial score (nSPS) is 10.5. The van der Waals surface area contributed by atoms with E-state index in [1.54, 1.807) is 18.2 Å². The zero-order chi connectivity index (χ0) is 13.5. The maximum absolute atomic E-state index is 11.6. The van der Waals surface area contributed by atoms with Crippen LogP contribution in [0.25, 0.3) is 0 Å². The molecule has 18 heavy (non-hydrogen) atoms. The summed E-state index contributed by atoms with van der Waals surface area (Å²) in [7, 11) is 3.99. The number of hydrogen-bond donors (Lipinski definition) is 2. The Morgan fingerprint density at radius 2 is 2.06 bits per heavy atom. The number of anilines is 1. The van der Waals surface area contributed by atoms with E-state index in [1.165, 1.54) is 0 Å². The third kappa shape index (κ3) is 5.58. The van der Waals surface area contributed by atoms with Crippen molar-refractivity contribution in [3.8, 4) is 0 Å². The summed E-state index contributed by atoms with van der Waals surface area (Å²) in [6.45, 7) is 1.55. The molecule has 0 aliphatic heterocycles. The molecule has 6 heteroatoms. The van der Waals surface area contributed by atoms with E-state index in [-0.39, 0.29) is 6.03 Å². The molecule has 1 rings (SSSR count). The summed E-state index contributed by atoms with van der Waals surface area (Å²) in [5.74, 6) is 0. The number of amides is 2. The largest absolute Gasteiger partial charge is 0.338 e. The van der Waals surface area contributed by atoms with Gasteiger partial charge in [-0.3, -0.25) is 0 Å². The van der Waals surface area contributed by atoms with Crippen LogP contribution in [0.15, 0.2) is 18.2 Å². The minimum Gasteiger partial charge on any atom is -0.338 e. The fourth-order valence-corrected chi connectivity index (χ4v) is 1.81. The molecule has 0 spiro atoms. The molecule has 0 aromatic heterocycles. The van der Waals surface area contributed by atoms with Crippen molar-refractivity contribution in [2.45, 2.75) is 6.42 Å². The van der Waals surface area contributed by atoms with Gasteiger partial charge in [0.25, 0.3) is 0 Å². The summed E-state index contributed by atoms with van der Waals surface area (Å²) in [5, 5.41) is 6.39. The molecule has 0 saturated heterocycles. The molecule has 0 unspecified atom stereocenters. The molecule has 0 saturated carbocycles. The number of carbonyl (C=O) groups excluding carboxylic acids is 1. The van der Waals surface area contributed by atoms with Crippen molar-refractivity contribution in [3.05, 3.63) is 28.2 Å². The van der Waals surface area contributed by atoms with Gasteiger partial charge in [-0.15, -0.1) is 0 Å². The van der Waals surface area contributed by atoms with Crippen LogP contribution in [0.3, 0.4) is 0 Å². The summed E-state index contributed by atoms with van der Waals surface area (Å²) >= 11 is 11.7.